The molecule has 0 aliphatic rings. The van der Waals surface area contributed by atoms with E-state index in [1.807, 2.05) is 6.92 Å². The summed E-state index contributed by atoms with van der Waals surface area (Å²) in [6.07, 6.45) is 0. The van der Waals surface area contributed by atoms with Gasteiger partial charge in [0, 0.05) is 0 Å². The van der Waals surface area contributed by atoms with E-state index in [1.54, 1.807) is 0 Å². The van der Waals surface area contributed by atoms with E-state index in [2.05, 4.69) is 0 Å². The summed E-state index contributed by atoms with van der Waals surface area (Å²) >= 11 is 1.20. The van der Waals surface area contributed by atoms with Crippen LogP contribution in [0.4, 0.5) is 0 Å². The second-order valence-corrected chi connectivity index (χ2v) is 2.30. The monoisotopic (exact) mass is 118 g/mol. The molecule has 0 aromatic heterocycles. The van der Waals surface area contributed by atoms with Gasteiger partial charge in [-0.1, -0.05) is 18.7 Å². The average Bonchev–Trinajstić information content (AvgIpc) is 1.68. The maximum absolute atomic E-state index is 10.2. The fourth-order valence-electron chi connectivity index (χ4n) is 0.212. The van der Waals surface area contributed by atoms with E-state index in [0.29, 0.717) is 0 Å². The van der Waals surface area contributed by atoms with Gasteiger partial charge in [-0.2, -0.15) is 0 Å². The summed E-state index contributed by atoms with van der Waals surface area (Å²) in [5.41, 5.74) is 6.54. The molecule has 3 heteroatoms. The Morgan fingerprint density at radius 3 is 2.57 bits per heavy atom. The van der Waals surface area contributed by atoms with Crippen LogP contribution < -0.4 is 5.73 Å². The summed E-state index contributed by atoms with van der Waals surface area (Å²) in [6.45, 7) is 1.82. The van der Waals surface area contributed by atoms with Crippen LogP contribution in [0.15, 0.2) is 0 Å². The molecule has 7 heavy (non-hydrogen) atoms. The smallest absolute Gasteiger partial charge is 0.204 e. The molecule has 1 N–H and O–H groups in total. The molecule has 0 atom stereocenters. The van der Waals surface area contributed by atoms with Crippen LogP contribution >= 0.6 is 11.8 Å². The Morgan fingerprint density at radius 2 is 2.43 bits per heavy atom. The number of carbonyl (C=O) groups is 1. The van der Waals surface area contributed by atoms with Crippen molar-refractivity contribution in [2.45, 2.75) is 6.92 Å². The standard InChI is InChI=1S/C4H8NOS/c1-2-7-4(6)3-5/h5H,2-3H2,1H3. The molecule has 0 aromatic carbocycles. The summed E-state index contributed by atoms with van der Waals surface area (Å²) in [7, 11) is 0. The van der Waals surface area contributed by atoms with Gasteiger partial charge >= 0.3 is 0 Å². The topological polar surface area (TPSA) is 40.9 Å². The molecule has 0 saturated carbocycles. The van der Waals surface area contributed by atoms with E-state index in [4.69, 9.17) is 5.73 Å². The highest BCUT2D eigenvalue weighted by Crippen LogP contribution is 1.97. The molecule has 0 rings (SSSR count). The van der Waals surface area contributed by atoms with Gasteiger partial charge in [0.05, 0.1) is 6.54 Å². The van der Waals surface area contributed by atoms with Crippen LogP contribution in [0.5, 0.6) is 0 Å². The summed E-state index contributed by atoms with van der Waals surface area (Å²) in [6, 6.07) is 0. The van der Waals surface area contributed by atoms with Crippen molar-refractivity contribution in [3.63, 3.8) is 0 Å². The van der Waals surface area contributed by atoms with Crippen molar-refractivity contribution >= 4 is 16.9 Å². The molecule has 0 aliphatic heterocycles. The molecule has 41 valence electrons. The van der Waals surface area contributed by atoms with Crippen LogP contribution in [0, 0.1) is 0 Å². The number of nitrogens with one attached hydrogen (secondary N) is 1. The SMILES string of the molecule is CCSC(=O)C[NH]. The molecule has 0 spiro atoms. The Hall–Kier alpha value is -0.0200. The highest BCUT2D eigenvalue weighted by Gasteiger charge is 1.92. The quantitative estimate of drug-likeness (QED) is 0.531. The Kier molecular flexibility index (Phi) is 4.14. The zero-order valence-corrected chi connectivity index (χ0v) is 5.05. The molecule has 2 nitrogen and oxygen atoms in total. The van der Waals surface area contributed by atoms with E-state index >= 15 is 0 Å². The van der Waals surface area contributed by atoms with Crippen molar-refractivity contribution < 1.29 is 4.79 Å². The third-order valence-corrected chi connectivity index (χ3v) is 1.20. The zero-order chi connectivity index (χ0) is 5.70. The van der Waals surface area contributed by atoms with E-state index < -0.39 is 0 Å². The summed E-state index contributed by atoms with van der Waals surface area (Å²) in [4.78, 5) is 10.2. The average molecular weight is 118 g/mol. The van der Waals surface area contributed by atoms with Crippen molar-refractivity contribution in [2.75, 3.05) is 12.3 Å². The molecule has 0 heterocycles. The maximum Gasteiger partial charge on any atom is 0.204 e. The van der Waals surface area contributed by atoms with Gasteiger partial charge in [-0.3, -0.25) is 4.79 Å². The zero-order valence-electron chi connectivity index (χ0n) is 4.23. The fraction of sp³-hybridized carbons (Fsp3) is 0.750. The van der Waals surface area contributed by atoms with E-state index in [9.17, 15) is 4.79 Å². The highest BCUT2D eigenvalue weighted by molar-refractivity contribution is 8.13. The van der Waals surface area contributed by atoms with Crippen LogP contribution in [-0.4, -0.2) is 17.4 Å². The maximum atomic E-state index is 10.2. The lowest BCUT2D eigenvalue weighted by Crippen LogP contribution is -1.98. The predicted molar refractivity (Wildman–Crippen MR) is 31.1 cm³/mol. The molecule has 0 aromatic rings. The molecular formula is C4H8NOS. The number of carbonyl (C=O) groups excluding carboxylic acids is 1. The highest BCUT2D eigenvalue weighted by atomic mass is 32.2. The summed E-state index contributed by atoms with van der Waals surface area (Å²) in [5.74, 6) is 0.789. The van der Waals surface area contributed by atoms with Crippen LogP contribution in [0.25, 0.3) is 0 Å². The van der Waals surface area contributed by atoms with Gasteiger partial charge in [-0.15, -0.1) is 0 Å². The predicted octanol–water partition coefficient (Wildman–Crippen LogP) is 0.549. The van der Waals surface area contributed by atoms with Crippen LogP contribution in [-0.2, 0) is 4.79 Å². The van der Waals surface area contributed by atoms with Crippen molar-refractivity contribution in [3.05, 3.63) is 0 Å². The second-order valence-electron chi connectivity index (χ2n) is 0.982. The van der Waals surface area contributed by atoms with Crippen LogP contribution in [0.1, 0.15) is 6.92 Å². The van der Waals surface area contributed by atoms with Crippen LogP contribution in [0.2, 0.25) is 0 Å². The third-order valence-electron chi connectivity index (χ3n) is 0.450. The molecule has 0 fully saturated rings. The lowest BCUT2D eigenvalue weighted by atomic mass is 10.8. The lowest BCUT2D eigenvalue weighted by Gasteiger charge is -1.86. The first-order chi connectivity index (χ1) is 3.31. The normalized spacial score (nSPS) is 8.86. The Morgan fingerprint density at radius 1 is 1.86 bits per heavy atom. The van der Waals surface area contributed by atoms with Crippen molar-refractivity contribution in [2.24, 2.45) is 0 Å². The number of thioether (sulfide) groups is 1. The number of hydrogen-bond acceptors (Lipinski definition) is 2. The first kappa shape index (κ1) is 6.98. The van der Waals surface area contributed by atoms with Gasteiger partial charge < -0.3 is 0 Å². The molecule has 0 bridgehead atoms. The first-order valence-corrected chi connectivity index (χ1v) is 3.10. The van der Waals surface area contributed by atoms with Gasteiger partial charge in [-0.05, 0) is 5.75 Å². The second kappa shape index (κ2) is 4.15. The summed E-state index contributed by atoms with van der Waals surface area (Å²) in [5, 5.41) is -0.0394. The number of hydrogen-bond donors (Lipinski definition) is 0. The molecular weight excluding hydrogens is 110 g/mol. The summed E-state index contributed by atoms with van der Waals surface area (Å²) < 4.78 is 0. The van der Waals surface area contributed by atoms with Gasteiger partial charge in [-0.25, -0.2) is 5.73 Å². The third kappa shape index (κ3) is 3.82. The largest absolute Gasteiger partial charge is 0.286 e. The van der Waals surface area contributed by atoms with Crippen molar-refractivity contribution in [1.82, 2.24) is 5.73 Å². The lowest BCUT2D eigenvalue weighted by molar-refractivity contribution is -0.109. The molecule has 0 aliphatic carbocycles. The van der Waals surface area contributed by atoms with Gasteiger partial charge in [0.2, 0.25) is 5.12 Å². The molecule has 0 unspecified atom stereocenters. The van der Waals surface area contributed by atoms with Crippen molar-refractivity contribution in [1.29, 1.82) is 0 Å². The van der Waals surface area contributed by atoms with E-state index in [-0.39, 0.29) is 11.7 Å². The van der Waals surface area contributed by atoms with E-state index in [1.165, 1.54) is 11.8 Å². The first-order valence-electron chi connectivity index (χ1n) is 2.11. The Labute approximate surface area is 47.5 Å². The molecule has 1 radical (unpaired) electrons. The Bertz CT molecular complexity index is 64.7. The Balaban J connectivity index is 3.00. The minimum absolute atomic E-state index is 0.0394. The van der Waals surface area contributed by atoms with E-state index in [0.717, 1.165) is 5.75 Å². The molecule has 0 saturated heterocycles. The van der Waals surface area contributed by atoms with Crippen LogP contribution in [0.3, 0.4) is 0 Å². The van der Waals surface area contributed by atoms with Gasteiger partial charge in [0.15, 0.2) is 0 Å². The van der Waals surface area contributed by atoms with Gasteiger partial charge in [0.25, 0.3) is 0 Å². The minimum Gasteiger partial charge on any atom is -0.286 e. The number of rotatable bonds is 2. The molecule has 0 amide bonds. The van der Waals surface area contributed by atoms with Gasteiger partial charge in [0.1, 0.15) is 0 Å². The fourth-order valence-corrected chi connectivity index (χ4v) is 0.636. The minimum atomic E-state index is -0.0848. The van der Waals surface area contributed by atoms with Crippen molar-refractivity contribution in [3.8, 4) is 0 Å².